The van der Waals surface area contributed by atoms with Crippen molar-refractivity contribution in [2.75, 3.05) is 0 Å². The molecule has 2 fully saturated rings. The normalized spacial score (nSPS) is 43.2. The number of ketones is 1. The fourth-order valence-electron chi connectivity index (χ4n) is 2.67. The van der Waals surface area contributed by atoms with Gasteiger partial charge in [-0.3, -0.25) is 4.79 Å². The molecule has 2 atom stereocenters. The van der Waals surface area contributed by atoms with Gasteiger partial charge in [-0.15, -0.1) is 0 Å². The van der Waals surface area contributed by atoms with Crippen molar-refractivity contribution in [1.82, 2.24) is 0 Å². The number of allylic oxidation sites excluding steroid dienone is 1. The summed E-state index contributed by atoms with van der Waals surface area (Å²) in [6.07, 6.45) is 4.14. The maximum atomic E-state index is 11.4. The number of hydrogen-bond acceptors (Lipinski definition) is 1. The van der Waals surface area contributed by atoms with Crippen molar-refractivity contribution in [3.63, 3.8) is 0 Å². The van der Waals surface area contributed by atoms with Crippen molar-refractivity contribution >= 4 is 5.78 Å². The van der Waals surface area contributed by atoms with Gasteiger partial charge < -0.3 is 0 Å². The molecule has 1 nitrogen and oxygen atoms in total. The Morgan fingerprint density at radius 1 is 1.45 bits per heavy atom. The van der Waals surface area contributed by atoms with Crippen LogP contribution in [0.2, 0.25) is 0 Å². The molecule has 0 heterocycles. The van der Waals surface area contributed by atoms with Crippen LogP contribution < -0.4 is 0 Å². The molecule has 0 aliphatic heterocycles. The highest BCUT2D eigenvalue weighted by atomic mass is 16.1. The number of carbonyl (C=O) groups excluding carboxylic acids is 1. The largest absolute Gasteiger partial charge is 0.299 e. The molecule has 0 radical (unpaired) electrons. The summed E-state index contributed by atoms with van der Waals surface area (Å²) in [5, 5.41) is 0. The lowest BCUT2D eigenvalue weighted by Crippen LogP contribution is -2.19. The molecule has 0 N–H and O–H groups in total. The Morgan fingerprint density at radius 2 is 2.09 bits per heavy atom. The van der Waals surface area contributed by atoms with Gasteiger partial charge in [0.2, 0.25) is 0 Å². The summed E-state index contributed by atoms with van der Waals surface area (Å²) in [7, 11) is 0. The predicted molar refractivity (Wildman–Crippen MR) is 44.2 cm³/mol. The Balaban J connectivity index is 2.37. The van der Waals surface area contributed by atoms with Crippen LogP contribution in [0.4, 0.5) is 0 Å². The van der Waals surface area contributed by atoms with Crippen molar-refractivity contribution in [2.24, 2.45) is 11.3 Å². The van der Waals surface area contributed by atoms with Crippen LogP contribution in [-0.4, -0.2) is 5.78 Å². The van der Waals surface area contributed by atoms with Gasteiger partial charge in [-0.1, -0.05) is 19.1 Å². The number of Topliss-reactive ketones (excluding diaryl/α,β-unsaturated/α-hetero) is 1. The minimum Gasteiger partial charge on any atom is -0.299 e. The maximum absolute atomic E-state index is 11.4. The number of rotatable bonds is 0. The van der Waals surface area contributed by atoms with E-state index in [4.69, 9.17) is 0 Å². The molecule has 0 aromatic carbocycles. The van der Waals surface area contributed by atoms with E-state index in [9.17, 15) is 4.79 Å². The fraction of sp³-hybridized carbons (Fsp3) is 0.700. The second kappa shape index (κ2) is 1.96. The third-order valence-corrected chi connectivity index (χ3v) is 3.39. The topological polar surface area (TPSA) is 17.1 Å². The van der Waals surface area contributed by atoms with Gasteiger partial charge in [-0.2, -0.15) is 0 Å². The molecule has 2 saturated carbocycles. The van der Waals surface area contributed by atoms with Crippen molar-refractivity contribution in [3.8, 4) is 0 Å². The monoisotopic (exact) mass is 150 g/mol. The van der Waals surface area contributed by atoms with Gasteiger partial charge in [0.1, 0.15) is 5.78 Å². The van der Waals surface area contributed by atoms with Crippen LogP contribution in [0.15, 0.2) is 12.2 Å². The summed E-state index contributed by atoms with van der Waals surface area (Å²) < 4.78 is 0. The van der Waals surface area contributed by atoms with Crippen molar-refractivity contribution in [2.45, 2.75) is 32.6 Å². The molecule has 2 rings (SSSR count). The van der Waals surface area contributed by atoms with Crippen molar-refractivity contribution in [3.05, 3.63) is 12.2 Å². The minimum atomic E-state index is 0.225. The summed E-state index contributed by atoms with van der Waals surface area (Å²) in [5.41, 5.74) is 1.49. The van der Waals surface area contributed by atoms with E-state index in [2.05, 4.69) is 13.5 Å². The lowest BCUT2D eigenvalue weighted by atomic mass is 9.82. The Morgan fingerprint density at radius 3 is 2.73 bits per heavy atom. The lowest BCUT2D eigenvalue weighted by Gasteiger charge is -2.21. The van der Waals surface area contributed by atoms with Crippen LogP contribution in [0.25, 0.3) is 0 Å². The molecule has 60 valence electrons. The fourth-order valence-corrected chi connectivity index (χ4v) is 2.67. The van der Waals surface area contributed by atoms with Crippen molar-refractivity contribution in [1.29, 1.82) is 0 Å². The zero-order chi connectivity index (χ0) is 8.06. The van der Waals surface area contributed by atoms with Crippen LogP contribution >= 0.6 is 0 Å². The molecular weight excluding hydrogens is 136 g/mol. The first kappa shape index (κ1) is 7.08. The maximum Gasteiger partial charge on any atom is 0.140 e. The van der Waals surface area contributed by atoms with Gasteiger partial charge >= 0.3 is 0 Å². The molecule has 0 spiro atoms. The van der Waals surface area contributed by atoms with Gasteiger partial charge in [-0.05, 0) is 24.7 Å². The van der Waals surface area contributed by atoms with Crippen LogP contribution in [0.5, 0.6) is 0 Å². The minimum absolute atomic E-state index is 0.225. The molecule has 0 aromatic rings. The van der Waals surface area contributed by atoms with E-state index in [-0.39, 0.29) is 5.92 Å². The molecule has 0 bridgehead atoms. The van der Waals surface area contributed by atoms with E-state index in [0.29, 0.717) is 11.2 Å². The van der Waals surface area contributed by atoms with Crippen LogP contribution in [0.1, 0.15) is 32.6 Å². The molecule has 0 amide bonds. The number of fused-ring (bicyclic) bond motifs is 1. The first-order valence-electron chi connectivity index (χ1n) is 4.34. The first-order chi connectivity index (χ1) is 5.13. The molecule has 11 heavy (non-hydrogen) atoms. The third-order valence-electron chi connectivity index (χ3n) is 3.39. The highest BCUT2D eigenvalue weighted by Crippen LogP contribution is 2.53. The average Bonchev–Trinajstić information content (AvgIpc) is 2.38. The number of carbonyl (C=O) groups is 1. The van der Waals surface area contributed by atoms with Gasteiger partial charge in [-0.25, -0.2) is 0 Å². The van der Waals surface area contributed by atoms with E-state index < -0.39 is 0 Å². The Bertz CT molecular complexity index is 207. The molecule has 0 aromatic heterocycles. The molecule has 0 saturated heterocycles. The van der Waals surface area contributed by atoms with E-state index in [1.165, 1.54) is 12.0 Å². The molecular formula is C10H14O. The summed E-state index contributed by atoms with van der Waals surface area (Å²) in [6, 6.07) is 0. The highest BCUT2D eigenvalue weighted by molar-refractivity contribution is 5.87. The van der Waals surface area contributed by atoms with Crippen molar-refractivity contribution < 1.29 is 4.79 Å². The second-order valence-electron chi connectivity index (χ2n) is 4.21. The van der Waals surface area contributed by atoms with E-state index >= 15 is 0 Å². The summed E-state index contributed by atoms with van der Waals surface area (Å²) in [5.74, 6) is 0.664. The first-order valence-corrected chi connectivity index (χ1v) is 4.34. The van der Waals surface area contributed by atoms with Gasteiger partial charge in [0.15, 0.2) is 0 Å². The highest BCUT2D eigenvalue weighted by Gasteiger charge is 2.49. The Hall–Kier alpha value is -0.590. The summed E-state index contributed by atoms with van der Waals surface area (Å²) >= 11 is 0. The molecule has 2 unspecified atom stereocenters. The Labute approximate surface area is 67.5 Å². The van der Waals surface area contributed by atoms with Crippen LogP contribution in [-0.2, 0) is 4.79 Å². The third kappa shape index (κ3) is 0.800. The van der Waals surface area contributed by atoms with E-state index in [1.807, 2.05) is 0 Å². The quantitative estimate of drug-likeness (QED) is 0.484. The van der Waals surface area contributed by atoms with Crippen LogP contribution in [0, 0.1) is 11.3 Å². The summed E-state index contributed by atoms with van der Waals surface area (Å²) in [6.45, 7) is 6.21. The number of hydrogen-bond donors (Lipinski definition) is 0. The van der Waals surface area contributed by atoms with Crippen LogP contribution in [0.3, 0.4) is 0 Å². The van der Waals surface area contributed by atoms with E-state index in [0.717, 1.165) is 19.3 Å². The summed E-state index contributed by atoms with van der Waals surface area (Å²) in [4.78, 5) is 11.4. The second-order valence-corrected chi connectivity index (χ2v) is 4.21. The zero-order valence-electron chi connectivity index (χ0n) is 7.02. The molecule has 2 aliphatic rings. The predicted octanol–water partition coefficient (Wildman–Crippen LogP) is 2.32. The van der Waals surface area contributed by atoms with Gasteiger partial charge in [0.25, 0.3) is 0 Å². The van der Waals surface area contributed by atoms with E-state index in [1.54, 1.807) is 0 Å². The smallest absolute Gasteiger partial charge is 0.140 e. The Kier molecular flexibility index (Phi) is 1.26. The standard InChI is InChI=1S/C10H14O/c1-7-3-5-10(2)6-4-8(11)9(7)10/h9H,1,3-6H2,2H3. The molecule has 2 aliphatic carbocycles. The van der Waals surface area contributed by atoms with Gasteiger partial charge in [0, 0.05) is 12.3 Å². The lowest BCUT2D eigenvalue weighted by molar-refractivity contribution is -0.120. The average molecular weight is 150 g/mol. The zero-order valence-corrected chi connectivity index (χ0v) is 7.02. The molecule has 1 heteroatoms. The SMILES string of the molecule is C=C1CCC2(C)CCC(=O)C12. The van der Waals surface area contributed by atoms with Gasteiger partial charge in [0.05, 0.1) is 0 Å².